The standard InChI is InChI=1S/C9H12O2S/c1-8-5-3-4-6-9(8)7-12(2,10)11/h3-6H,7H2,1-2H3. The number of rotatable bonds is 2. The third kappa shape index (κ3) is 2.66. The largest absolute Gasteiger partial charge is 0.229 e. The molecule has 0 spiro atoms. The molecule has 0 saturated carbocycles. The molecule has 0 heterocycles. The van der Waals surface area contributed by atoms with E-state index in [1.807, 2.05) is 31.2 Å². The fraction of sp³-hybridized carbons (Fsp3) is 0.333. The molecule has 0 saturated heterocycles. The first-order valence-corrected chi connectivity index (χ1v) is 5.77. The van der Waals surface area contributed by atoms with E-state index < -0.39 is 9.84 Å². The van der Waals surface area contributed by atoms with Crippen LogP contribution in [-0.2, 0) is 15.6 Å². The van der Waals surface area contributed by atoms with E-state index in [0.29, 0.717) is 0 Å². The molecule has 0 unspecified atom stereocenters. The molecular weight excluding hydrogens is 172 g/mol. The fourth-order valence-corrected chi connectivity index (χ4v) is 1.94. The van der Waals surface area contributed by atoms with Crippen LogP contribution in [0, 0.1) is 6.92 Å². The summed E-state index contributed by atoms with van der Waals surface area (Å²) >= 11 is 0. The van der Waals surface area contributed by atoms with Gasteiger partial charge in [0.15, 0.2) is 9.84 Å². The molecular formula is C9H12O2S. The van der Waals surface area contributed by atoms with Gasteiger partial charge < -0.3 is 0 Å². The summed E-state index contributed by atoms with van der Waals surface area (Å²) in [6.45, 7) is 1.92. The first kappa shape index (κ1) is 9.26. The minimum Gasteiger partial charge on any atom is -0.229 e. The smallest absolute Gasteiger partial charge is 0.151 e. The second kappa shape index (κ2) is 3.27. The Bertz CT molecular complexity index is 366. The van der Waals surface area contributed by atoms with E-state index in [1.165, 1.54) is 6.26 Å². The van der Waals surface area contributed by atoms with E-state index in [2.05, 4.69) is 0 Å². The van der Waals surface area contributed by atoms with E-state index >= 15 is 0 Å². The van der Waals surface area contributed by atoms with E-state index in [9.17, 15) is 8.42 Å². The van der Waals surface area contributed by atoms with Crippen molar-refractivity contribution in [2.45, 2.75) is 12.7 Å². The lowest BCUT2D eigenvalue weighted by atomic mass is 10.1. The maximum absolute atomic E-state index is 11.0. The van der Waals surface area contributed by atoms with E-state index in [4.69, 9.17) is 0 Å². The zero-order valence-electron chi connectivity index (χ0n) is 7.24. The number of aryl methyl sites for hydroxylation is 1. The zero-order valence-corrected chi connectivity index (χ0v) is 8.06. The van der Waals surface area contributed by atoms with Crippen molar-refractivity contribution >= 4 is 9.84 Å². The maximum atomic E-state index is 11.0. The molecule has 0 aliphatic rings. The van der Waals surface area contributed by atoms with Crippen molar-refractivity contribution in [1.82, 2.24) is 0 Å². The van der Waals surface area contributed by atoms with Gasteiger partial charge in [0.1, 0.15) is 0 Å². The van der Waals surface area contributed by atoms with Gasteiger partial charge in [0.25, 0.3) is 0 Å². The fourth-order valence-electron chi connectivity index (χ4n) is 1.05. The Balaban J connectivity index is 2.98. The number of hydrogen-bond acceptors (Lipinski definition) is 2. The minimum atomic E-state index is -2.90. The molecule has 0 aromatic heterocycles. The molecule has 0 radical (unpaired) electrons. The van der Waals surface area contributed by atoms with E-state index in [-0.39, 0.29) is 5.75 Å². The van der Waals surface area contributed by atoms with Gasteiger partial charge >= 0.3 is 0 Å². The lowest BCUT2D eigenvalue weighted by Crippen LogP contribution is -2.01. The lowest BCUT2D eigenvalue weighted by molar-refractivity contribution is 0.601. The van der Waals surface area contributed by atoms with Crippen LogP contribution in [0.15, 0.2) is 24.3 Å². The van der Waals surface area contributed by atoms with Gasteiger partial charge in [0.2, 0.25) is 0 Å². The van der Waals surface area contributed by atoms with Crippen LogP contribution in [0.25, 0.3) is 0 Å². The topological polar surface area (TPSA) is 34.1 Å². The molecule has 0 aliphatic carbocycles. The normalized spacial score (nSPS) is 11.5. The zero-order chi connectivity index (χ0) is 9.19. The average Bonchev–Trinajstić information content (AvgIpc) is 1.91. The maximum Gasteiger partial charge on any atom is 0.151 e. The highest BCUT2D eigenvalue weighted by atomic mass is 32.2. The summed E-state index contributed by atoms with van der Waals surface area (Å²) in [4.78, 5) is 0. The van der Waals surface area contributed by atoms with Crippen molar-refractivity contribution in [3.05, 3.63) is 35.4 Å². The SMILES string of the molecule is Cc1ccccc1CS(C)(=O)=O. The lowest BCUT2D eigenvalue weighted by Gasteiger charge is -2.02. The monoisotopic (exact) mass is 184 g/mol. The molecule has 66 valence electrons. The van der Waals surface area contributed by atoms with Gasteiger partial charge in [-0.25, -0.2) is 8.42 Å². The molecule has 0 bridgehead atoms. The van der Waals surface area contributed by atoms with Gasteiger partial charge in [-0.15, -0.1) is 0 Å². The Morgan fingerprint density at radius 3 is 2.33 bits per heavy atom. The Kier molecular flexibility index (Phi) is 2.52. The van der Waals surface area contributed by atoms with Gasteiger partial charge in [0.05, 0.1) is 5.75 Å². The summed E-state index contributed by atoms with van der Waals surface area (Å²) in [5, 5.41) is 0. The first-order valence-electron chi connectivity index (χ1n) is 3.71. The molecule has 0 aliphatic heterocycles. The highest BCUT2D eigenvalue weighted by molar-refractivity contribution is 7.89. The van der Waals surface area contributed by atoms with Gasteiger partial charge in [-0.2, -0.15) is 0 Å². The molecule has 12 heavy (non-hydrogen) atoms. The van der Waals surface area contributed by atoms with E-state index in [0.717, 1.165) is 11.1 Å². The van der Waals surface area contributed by atoms with Crippen molar-refractivity contribution in [3.63, 3.8) is 0 Å². The molecule has 1 aromatic carbocycles. The Labute approximate surface area is 73.2 Å². The van der Waals surface area contributed by atoms with Gasteiger partial charge in [-0.1, -0.05) is 24.3 Å². The predicted octanol–water partition coefficient (Wildman–Crippen LogP) is 1.54. The molecule has 0 N–H and O–H groups in total. The summed E-state index contributed by atoms with van der Waals surface area (Å²) in [6, 6.07) is 7.52. The summed E-state index contributed by atoms with van der Waals surface area (Å²) in [6.07, 6.45) is 1.25. The Morgan fingerprint density at radius 2 is 1.83 bits per heavy atom. The van der Waals surface area contributed by atoms with Gasteiger partial charge in [0, 0.05) is 6.26 Å². The van der Waals surface area contributed by atoms with Crippen LogP contribution in [0.5, 0.6) is 0 Å². The van der Waals surface area contributed by atoms with Crippen LogP contribution < -0.4 is 0 Å². The number of sulfone groups is 1. The van der Waals surface area contributed by atoms with Crippen LogP contribution in [0.2, 0.25) is 0 Å². The predicted molar refractivity (Wildman–Crippen MR) is 49.7 cm³/mol. The van der Waals surface area contributed by atoms with Gasteiger partial charge in [-0.3, -0.25) is 0 Å². The number of hydrogen-bond donors (Lipinski definition) is 0. The molecule has 0 fully saturated rings. The van der Waals surface area contributed by atoms with Gasteiger partial charge in [-0.05, 0) is 18.1 Å². The van der Waals surface area contributed by atoms with Crippen molar-refractivity contribution in [2.24, 2.45) is 0 Å². The molecule has 0 atom stereocenters. The molecule has 0 amide bonds. The van der Waals surface area contributed by atoms with Crippen LogP contribution in [0.4, 0.5) is 0 Å². The highest BCUT2D eigenvalue weighted by Gasteiger charge is 2.05. The van der Waals surface area contributed by atoms with Crippen molar-refractivity contribution in [3.8, 4) is 0 Å². The Hall–Kier alpha value is -0.830. The average molecular weight is 184 g/mol. The summed E-state index contributed by atoms with van der Waals surface area (Å²) in [5.41, 5.74) is 1.92. The minimum absolute atomic E-state index is 0.139. The van der Waals surface area contributed by atoms with E-state index in [1.54, 1.807) is 0 Å². The molecule has 2 nitrogen and oxygen atoms in total. The van der Waals surface area contributed by atoms with Crippen LogP contribution in [-0.4, -0.2) is 14.7 Å². The Morgan fingerprint density at radius 1 is 1.25 bits per heavy atom. The highest BCUT2D eigenvalue weighted by Crippen LogP contribution is 2.09. The van der Waals surface area contributed by atoms with Crippen LogP contribution >= 0.6 is 0 Å². The van der Waals surface area contributed by atoms with Crippen molar-refractivity contribution in [1.29, 1.82) is 0 Å². The first-order chi connectivity index (χ1) is 5.49. The molecule has 3 heteroatoms. The second-order valence-corrected chi connectivity index (χ2v) is 5.14. The second-order valence-electron chi connectivity index (χ2n) is 3.00. The quantitative estimate of drug-likeness (QED) is 0.698. The van der Waals surface area contributed by atoms with Crippen LogP contribution in [0.1, 0.15) is 11.1 Å². The van der Waals surface area contributed by atoms with Crippen LogP contribution in [0.3, 0.4) is 0 Å². The van der Waals surface area contributed by atoms with Crippen molar-refractivity contribution in [2.75, 3.05) is 6.26 Å². The summed E-state index contributed by atoms with van der Waals surface area (Å²) in [5.74, 6) is 0.139. The summed E-state index contributed by atoms with van der Waals surface area (Å²) < 4.78 is 21.9. The third-order valence-corrected chi connectivity index (χ3v) is 2.51. The number of benzene rings is 1. The molecule has 1 rings (SSSR count). The third-order valence-electron chi connectivity index (χ3n) is 1.68. The molecule has 1 aromatic rings. The summed E-state index contributed by atoms with van der Waals surface area (Å²) in [7, 11) is -2.90. The van der Waals surface area contributed by atoms with Crippen molar-refractivity contribution < 1.29 is 8.42 Å².